The Bertz CT molecular complexity index is 861. The lowest BCUT2D eigenvalue weighted by atomic mass is 9.88. The third kappa shape index (κ3) is 6.86. The van der Waals surface area contributed by atoms with Gasteiger partial charge in [0.2, 0.25) is 0 Å². The van der Waals surface area contributed by atoms with Gasteiger partial charge in [0.15, 0.2) is 0 Å². The van der Waals surface area contributed by atoms with E-state index in [-0.39, 0.29) is 23.9 Å². The average Bonchev–Trinajstić information content (AvgIpc) is 3.09. The highest BCUT2D eigenvalue weighted by Crippen LogP contribution is 2.26. The number of urea groups is 1. The smallest absolute Gasteiger partial charge is 0.320 e. The van der Waals surface area contributed by atoms with Crippen LogP contribution in [0.25, 0.3) is 0 Å². The van der Waals surface area contributed by atoms with Crippen molar-refractivity contribution in [2.75, 3.05) is 19.7 Å². The lowest BCUT2D eigenvalue weighted by molar-refractivity contribution is -0.142. The van der Waals surface area contributed by atoms with Crippen LogP contribution in [-0.2, 0) is 16.1 Å². The van der Waals surface area contributed by atoms with Gasteiger partial charge in [-0.15, -0.1) is 0 Å². The zero-order valence-electron chi connectivity index (χ0n) is 20.2. The van der Waals surface area contributed by atoms with Crippen molar-refractivity contribution in [1.29, 1.82) is 0 Å². The number of hydrogen-bond acceptors (Lipinski definition) is 3. The highest BCUT2D eigenvalue weighted by molar-refractivity contribution is 5.77. The van der Waals surface area contributed by atoms with Gasteiger partial charge in [0.25, 0.3) is 0 Å². The number of benzene rings is 1. The molecule has 1 N–H and O–H groups in total. The minimum absolute atomic E-state index is 0.117. The van der Waals surface area contributed by atoms with Gasteiger partial charge in [0, 0.05) is 26.1 Å². The summed E-state index contributed by atoms with van der Waals surface area (Å²) in [7, 11) is 0. The van der Waals surface area contributed by atoms with Crippen molar-refractivity contribution in [3.05, 3.63) is 59.4 Å². The molecule has 3 unspecified atom stereocenters. The summed E-state index contributed by atoms with van der Waals surface area (Å²) in [6, 6.07) is 8.64. The van der Waals surface area contributed by atoms with E-state index in [0.717, 1.165) is 43.7 Å². The molecule has 0 aromatic heterocycles. The summed E-state index contributed by atoms with van der Waals surface area (Å²) >= 11 is 0. The Morgan fingerprint density at radius 1 is 1.24 bits per heavy atom. The number of nitrogens with zero attached hydrogens (tertiary/aromatic N) is 2. The maximum Gasteiger partial charge on any atom is 0.320 e. The molecule has 3 atom stereocenters. The van der Waals surface area contributed by atoms with E-state index in [4.69, 9.17) is 4.74 Å². The largest absolute Gasteiger partial charge is 0.494 e. The lowest BCUT2D eigenvalue weighted by Crippen LogP contribution is -2.36. The number of carbonyl (C=O) groups is 2. The van der Waals surface area contributed by atoms with Gasteiger partial charge in [0.1, 0.15) is 5.76 Å². The van der Waals surface area contributed by atoms with Crippen molar-refractivity contribution < 1.29 is 19.4 Å². The van der Waals surface area contributed by atoms with E-state index in [1.54, 1.807) is 0 Å². The molecule has 2 amide bonds. The van der Waals surface area contributed by atoms with Crippen molar-refractivity contribution in [3.63, 3.8) is 0 Å². The van der Waals surface area contributed by atoms with E-state index in [1.807, 2.05) is 22.8 Å². The van der Waals surface area contributed by atoms with Crippen LogP contribution in [0.4, 0.5) is 4.79 Å². The number of carbonyl (C=O) groups excluding carboxylic acids is 1. The van der Waals surface area contributed by atoms with Gasteiger partial charge >= 0.3 is 12.0 Å². The highest BCUT2D eigenvalue weighted by Gasteiger charge is 2.36. The van der Waals surface area contributed by atoms with Gasteiger partial charge in [-0.05, 0) is 56.2 Å². The van der Waals surface area contributed by atoms with E-state index in [9.17, 15) is 14.7 Å². The van der Waals surface area contributed by atoms with E-state index in [2.05, 4.69) is 50.3 Å². The van der Waals surface area contributed by atoms with E-state index in [0.29, 0.717) is 26.0 Å². The molecule has 0 bridgehead atoms. The van der Waals surface area contributed by atoms with Crippen LogP contribution in [0.1, 0.15) is 57.1 Å². The molecule has 1 aromatic rings. The zero-order valence-corrected chi connectivity index (χ0v) is 20.2. The molecule has 6 heteroatoms. The molecule has 1 aliphatic heterocycles. The Kier molecular flexibility index (Phi) is 8.98. The van der Waals surface area contributed by atoms with Gasteiger partial charge in [-0.1, -0.05) is 49.8 Å². The fraction of sp³-hybridized carbons (Fsp3) is 0.556. The van der Waals surface area contributed by atoms with E-state index in [1.165, 1.54) is 5.56 Å². The molecule has 0 spiro atoms. The van der Waals surface area contributed by atoms with Crippen LogP contribution < -0.4 is 0 Å². The Hall–Kier alpha value is -2.76. The summed E-state index contributed by atoms with van der Waals surface area (Å²) in [4.78, 5) is 28.2. The van der Waals surface area contributed by atoms with Crippen molar-refractivity contribution in [1.82, 2.24) is 9.80 Å². The molecule has 1 aliphatic carbocycles. The minimum Gasteiger partial charge on any atom is -0.494 e. The molecule has 2 aliphatic rings. The molecule has 3 rings (SSSR count). The molecule has 1 heterocycles. The predicted molar refractivity (Wildman–Crippen MR) is 130 cm³/mol. The normalized spacial score (nSPS) is 21.3. The Morgan fingerprint density at radius 3 is 2.61 bits per heavy atom. The Balaban J connectivity index is 1.48. The van der Waals surface area contributed by atoms with Crippen molar-refractivity contribution >= 4 is 12.0 Å². The number of aliphatic carboxylic acids is 1. The third-order valence-corrected chi connectivity index (χ3v) is 6.65. The van der Waals surface area contributed by atoms with Crippen LogP contribution in [0.5, 0.6) is 0 Å². The molecule has 180 valence electrons. The maximum absolute atomic E-state index is 13.0. The molecular formula is C27H38N2O4. The second kappa shape index (κ2) is 11.9. The number of carboxylic acid groups (broad SMARTS) is 1. The summed E-state index contributed by atoms with van der Waals surface area (Å²) in [5.74, 6) is 0.0950. The summed E-state index contributed by atoms with van der Waals surface area (Å²) in [6.45, 7) is 8.78. The molecule has 0 saturated carbocycles. The first-order valence-electron chi connectivity index (χ1n) is 12.3. The number of allylic oxidation sites excluding steroid dienone is 3. The quantitative estimate of drug-likeness (QED) is 0.460. The number of rotatable bonds is 12. The first-order chi connectivity index (χ1) is 15.9. The fourth-order valence-electron chi connectivity index (χ4n) is 4.63. The standard InChI is InChI=1S/C27H38N2O4/c1-4-15-29-24(19-28(27(29)32)18-22-8-6-20(3)7-9-22)14-16-33-25-12-10-21(11-13-25)17-23(5-2)26(30)31/h6-10,12-13,21,23-24H,4-5,11,14-19H2,1-3H3,(H,30,31). The number of hydrogen-bond donors (Lipinski definition) is 1. The average molecular weight is 455 g/mol. The first kappa shape index (κ1) is 24.9. The van der Waals surface area contributed by atoms with Gasteiger partial charge in [-0.3, -0.25) is 4.79 Å². The van der Waals surface area contributed by atoms with Crippen molar-refractivity contribution in [2.24, 2.45) is 11.8 Å². The Morgan fingerprint density at radius 2 is 2.00 bits per heavy atom. The molecule has 0 radical (unpaired) electrons. The van der Waals surface area contributed by atoms with Gasteiger partial charge in [-0.25, -0.2) is 4.79 Å². The summed E-state index contributed by atoms with van der Waals surface area (Å²) < 4.78 is 6.00. The molecule has 6 nitrogen and oxygen atoms in total. The number of ether oxygens (including phenoxy) is 1. The third-order valence-electron chi connectivity index (χ3n) is 6.65. The minimum atomic E-state index is -0.712. The topological polar surface area (TPSA) is 70.1 Å². The van der Waals surface area contributed by atoms with Crippen molar-refractivity contribution in [3.8, 4) is 0 Å². The van der Waals surface area contributed by atoms with Gasteiger partial charge in [-0.2, -0.15) is 0 Å². The second-order valence-electron chi connectivity index (χ2n) is 9.27. The summed E-state index contributed by atoms with van der Waals surface area (Å²) in [5.41, 5.74) is 2.38. The SMILES string of the molecule is CCCN1C(=O)N(Cc2ccc(C)cc2)CC1CCOC1=CCC(CC(CC)C(=O)O)C=C1. The number of aryl methyl sites for hydroxylation is 1. The number of carboxylic acids is 1. The zero-order chi connectivity index (χ0) is 23.8. The van der Waals surface area contributed by atoms with Crippen LogP contribution in [0.15, 0.2) is 48.3 Å². The predicted octanol–water partition coefficient (Wildman–Crippen LogP) is 5.38. The lowest BCUT2D eigenvalue weighted by Gasteiger charge is -2.23. The van der Waals surface area contributed by atoms with Gasteiger partial charge in [0.05, 0.1) is 18.6 Å². The first-order valence-corrected chi connectivity index (χ1v) is 12.3. The van der Waals surface area contributed by atoms with E-state index < -0.39 is 5.97 Å². The second-order valence-corrected chi connectivity index (χ2v) is 9.27. The van der Waals surface area contributed by atoms with Crippen LogP contribution in [0.3, 0.4) is 0 Å². The van der Waals surface area contributed by atoms with Crippen LogP contribution >= 0.6 is 0 Å². The molecular weight excluding hydrogens is 416 g/mol. The monoisotopic (exact) mass is 454 g/mol. The van der Waals surface area contributed by atoms with Crippen molar-refractivity contribution in [2.45, 2.75) is 65.5 Å². The summed E-state index contributed by atoms with van der Waals surface area (Å²) in [5, 5.41) is 9.27. The molecule has 1 saturated heterocycles. The van der Waals surface area contributed by atoms with Crippen LogP contribution in [0, 0.1) is 18.8 Å². The summed E-state index contributed by atoms with van der Waals surface area (Å²) in [6.07, 6.45) is 9.97. The molecule has 1 fully saturated rings. The van der Waals surface area contributed by atoms with Gasteiger partial charge < -0.3 is 19.6 Å². The van der Waals surface area contributed by atoms with E-state index >= 15 is 0 Å². The highest BCUT2D eigenvalue weighted by atomic mass is 16.5. The fourth-order valence-corrected chi connectivity index (χ4v) is 4.63. The molecule has 33 heavy (non-hydrogen) atoms. The molecule has 1 aromatic carbocycles. The Labute approximate surface area is 197 Å². The maximum atomic E-state index is 13.0. The van der Waals surface area contributed by atoms with Crippen LogP contribution in [0.2, 0.25) is 0 Å². The number of amides is 2. The van der Waals surface area contributed by atoms with Crippen LogP contribution in [-0.4, -0.2) is 52.6 Å².